The molecule has 3 aliphatic heterocycles. The van der Waals surface area contributed by atoms with Gasteiger partial charge in [-0.2, -0.15) is 10.2 Å². The van der Waals surface area contributed by atoms with Crippen molar-refractivity contribution in [3.8, 4) is 22.4 Å². The highest BCUT2D eigenvalue weighted by molar-refractivity contribution is 7.90. The number of carbonyl (C=O) groups is 1. The molecule has 51 heavy (non-hydrogen) atoms. The van der Waals surface area contributed by atoms with E-state index >= 15 is 0 Å². The minimum Gasteiger partial charge on any atom is -0.369 e. The van der Waals surface area contributed by atoms with Crippen molar-refractivity contribution in [2.45, 2.75) is 48.6 Å². The second-order valence-corrected chi connectivity index (χ2v) is 15.5. The Kier molecular flexibility index (Phi) is 7.40. The number of benzene rings is 2. The van der Waals surface area contributed by atoms with Gasteiger partial charge in [0, 0.05) is 62.1 Å². The number of carbonyl (C=O) groups excluding carboxylic acids is 1. The lowest BCUT2D eigenvalue weighted by molar-refractivity contribution is -0.123. The van der Waals surface area contributed by atoms with Crippen LogP contribution in [0, 0.1) is 0 Å². The first-order chi connectivity index (χ1) is 24.8. The number of pyridine rings is 1. The number of ether oxygens (including phenoxy) is 1. The van der Waals surface area contributed by atoms with Crippen LogP contribution in [0.4, 0.5) is 11.4 Å². The third-order valence-electron chi connectivity index (χ3n) is 10.8. The quantitative estimate of drug-likeness (QED) is 0.215. The first-order valence-corrected chi connectivity index (χ1v) is 18.8. The van der Waals surface area contributed by atoms with Gasteiger partial charge < -0.3 is 14.5 Å². The fraction of sp³-hybridized carbons (Fsp3) is 0.316. The second kappa shape index (κ2) is 11.9. The number of aromatic nitrogens is 6. The van der Waals surface area contributed by atoms with Gasteiger partial charge >= 0.3 is 0 Å². The van der Waals surface area contributed by atoms with E-state index in [9.17, 15) is 13.2 Å². The molecule has 0 N–H and O–H groups in total. The highest BCUT2D eigenvalue weighted by atomic mass is 32.2. The van der Waals surface area contributed by atoms with Gasteiger partial charge in [0.1, 0.15) is 6.23 Å². The zero-order valence-corrected chi connectivity index (χ0v) is 29.3. The summed E-state index contributed by atoms with van der Waals surface area (Å²) >= 11 is 0. The maximum atomic E-state index is 14.8. The first kappa shape index (κ1) is 31.7. The number of aryl methyl sites for hydroxylation is 1. The van der Waals surface area contributed by atoms with Crippen molar-refractivity contribution in [2.75, 3.05) is 36.5 Å². The van der Waals surface area contributed by atoms with Gasteiger partial charge in [-0.1, -0.05) is 48.5 Å². The van der Waals surface area contributed by atoms with E-state index in [-0.39, 0.29) is 22.7 Å². The van der Waals surface area contributed by atoms with Gasteiger partial charge in [0.25, 0.3) is 10.0 Å². The lowest BCUT2D eigenvalue weighted by Crippen LogP contribution is -2.48. The summed E-state index contributed by atoms with van der Waals surface area (Å²) in [7, 11) is -0.564. The van der Waals surface area contributed by atoms with Crippen LogP contribution in [-0.4, -0.2) is 69.6 Å². The van der Waals surface area contributed by atoms with Crippen LogP contribution in [0.1, 0.15) is 43.9 Å². The molecular weight excluding hydrogens is 665 g/mol. The molecule has 3 aliphatic rings. The topological polar surface area (TPSA) is 120 Å². The molecule has 2 aromatic carbocycles. The molecule has 1 unspecified atom stereocenters. The maximum Gasteiger partial charge on any atom is 0.269 e. The number of fused-ring (bicyclic) bond motifs is 4. The molecule has 13 heteroatoms. The van der Waals surface area contributed by atoms with Crippen LogP contribution < -0.4 is 9.80 Å². The molecule has 0 bridgehead atoms. The number of amides is 1. The average molecular weight is 703 g/mol. The van der Waals surface area contributed by atoms with E-state index in [2.05, 4.69) is 21.3 Å². The molecule has 2 saturated heterocycles. The fourth-order valence-corrected chi connectivity index (χ4v) is 9.81. The molecular formula is C38H38N8O4S. The van der Waals surface area contributed by atoms with Crippen LogP contribution in [0.15, 0.2) is 96.5 Å². The van der Waals surface area contributed by atoms with Crippen molar-refractivity contribution in [3.05, 3.63) is 97.2 Å². The smallest absolute Gasteiger partial charge is 0.269 e. The monoisotopic (exact) mass is 702 g/mol. The summed E-state index contributed by atoms with van der Waals surface area (Å²) < 4.78 is 40.5. The van der Waals surface area contributed by atoms with Gasteiger partial charge in [-0.05, 0) is 49.8 Å². The average Bonchev–Trinajstić information content (AvgIpc) is 3.95. The number of anilines is 2. The van der Waals surface area contributed by atoms with Crippen molar-refractivity contribution >= 4 is 38.3 Å². The van der Waals surface area contributed by atoms with Crippen LogP contribution in [-0.2, 0) is 32.0 Å². The predicted octanol–water partition coefficient (Wildman–Crippen LogP) is 5.75. The van der Waals surface area contributed by atoms with E-state index in [0.717, 1.165) is 42.7 Å². The molecule has 0 radical (unpaired) electrons. The molecule has 6 aromatic rings. The molecule has 9 rings (SSSR count). The van der Waals surface area contributed by atoms with Gasteiger partial charge in [-0.3, -0.25) is 9.48 Å². The largest absolute Gasteiger partial charge is 0.369 e. The van der Waals surface area contributed by atoms with Crippen LogP contribution >= 0.6 is 0 Å². The van der Waals surface area contributed by atoms with Crippen LogP contribution in [0.3, 0.4) is 0 Å². The van der Waals surface area contributed by atoms with Crippen molar-refractivity contribution in [3.63, 3.8) is 0 Å². The lowest BCUT2D eigenvalue weighted by atomic mass is 9.72. The highest BCUT2D eigenvalue weighted by Gasteiger charge is 2.53. The third-order valence-corrected chi connectivity index (χ3v) is 12.5. The molecule has 4 aromatic heterocycles. The molecule has 7 heterocycles. The Morgan fingerprint density at radius 1 is 0.863 bits per heavy atom. The predicted molar refractivity (Wildman–Crippen MR) is 194 cm³/mol. The van der Waals surface area contributed by atoms with Crippen LogP contribution in [0.2, 0.25) is 0 Å². The Morgan fingerprint density at radius 2 is 1.61 bits per heavy atom. The van der Waals surface area contributed by atoms with E-state index in [1.54, 1.807) is 59.4 Å². The number of hydrogen-bond acceptors (Lipinski definition) is 8. The fourth-order valence-electron chi connectivity index (χ4n) is 8.30. The Balaban J connectivity index is 1.25. The Hall–Kier alpha value is -5.27. The van der Waals surface area contributed by atoms with Crippen molar-refractivity contribution in [1.29, 1.82) is 0 Å². The Labute approximate surface area is 295 Å². The molecule has 260 valence electrons. The van der Waals surface area contributed by atoms with Crippen molar-refractivity contribution in [2.24, 2.45) is 7.05 Å². The zero-order valence-electron chi connectivity index (χ0n) is 28.5. The van der Waals surface area contributed by atoms with Crippen LogP contribution in [0.25, 0.3) is 33.4 Å². The highest BCUT2D eigenvalue weighted by Crippen LogP contribution is 2.54. The van der Waals surface area contributed by atoms with Crippen LogP contribution in [0.5, 0.6) is 0 Å². The van der Waals surface area contributed by atoms with Gasteiger partial charge in [-0.15, -0.1) is 0 Å². The normalized spacial score (nSPS) is 18.9. The van der Waals surface area contributed by atoms with Crippen molar-refractivity contribution < 1.29 is 17.9 Å². The molecule has 0 saturated carbocycles. The SMILES string of the molecule is CN1C(=O)C2(CCN(c3cnn(C4CCCCO4)c3)CC2)c2c1cnc1c2c(-c2ccccc2)c(-c2cnn(C)c2)n1S(=O)(=O)c1ccccc1. The molecule has 12 nitrogen and oxygen atoms in total. The summed E-state index contributed by atoms with van der Waals surface area (Å²) in [6, 6.07) is 18.2. The van der Waals surface area contributed by atoms with E-state index in [1.165, 1.54) is 3.97 Å². The summed E-state index contributed by atoms with van der Waals surface area (Å²) in [5.41, 5.74) is 4.55. The second-order valence-electron chi connectivity index (χ2n) is 13.7. The molecule has 1 spiro atoms. The summed E-state index contributed by atoms with van der Waals surface area (Å²) in [6.45, 7) is 1.99. The number of likely N-dealkylation sites (N-methyl/N-ethyl adjacent to an activating group) is 1. The Bertz CT molecular complexity index is 2390. The van der Waals surface area contributed by atoms with E-state index in [4.69, 9.17) is 9.72 Å². The third kappa shape index (κ3) is 4.85. The zero-order chi connectivity index (χ0) is 34.9. The van der Waals surface area contributed by atoms with Gasteiger partial charge in [0.05, 0.1) is 52.2 Å². The lowest BCUT2D eigenvalue weighted by Gasteiger charge is -2.39. The summed E-state index contributed by atoms with van der Waals surface area (Å²) in [6.07, 6.45) is 13.3. The van der Waals surface area contributed by atoms with E-state index in [1.807, 2.05) is 54.5 Å². The van der Waals surface area contributed by atoms with E-state index in [0.29, 0.717) is 53.8 Å². The minimum absolute atomic E-state index is 0.00152. The summed E-state index contributed by atoms with van der Waals surface area (Å²) in [5, 5.41) is 9.76. The molecule has 0 aliphatic carbocycles. The van der Waals surface area contributed by atoms with Gasteiger partial charge in [0.15, 0.2) is 5.65 Å². The number of piperidine rings is 1. The molecule has 2 fully saturated rings. The van der Waals surface area contributed by atoms with E-state index < -0.39 is 15.4 Å². The first-order valence-electron chi connectivity index (χ1n) is 17.4. The Morgan fingerprint density at radius 3 is 2.29 bits per heavy atom. The maximum absolute atomic E-state index is 14.8. The number of nitrogens with zero attached hydrogens (tertiary/aromatic N) is 8. The minimum atomic E-state index is -4.17. The van der Waals surface area contributed by atoms with Gasteiger partial charge in [-0.25, -0.2) is 22.1 Å². The number of hydrogen-bond donors (Lipinski definition) is 0. The van der Waals surface area contributed by atoms with Gasteiger partial charge in [0.2, 0.25) is 5.91 Å². The standard InChI is InChI=1S/C38H38N8O4S/c1-42-24-27(21-40-42)35-32(26-11-5-3-6-12-26)33-34-30(23-39-36(33)46(35)51(48,49)29-13-7-4-8-14-29)43(2)37(47)38(34)16-18-44(19-17-38)28-22-41-45(25-28)31-15-9-10-20-50-31/h3-8,11-14,21-25,31H,9-10,15-20H2,1-2H3. The summed E-state index contributed by atoms with van der Waals surface area (Å²) in [5.74, 6) is -0.00152. The molecule has 1 amide bonds. The van der Waals surface area contributed by atoms with Crippen molar-refractivity contribution in [1.82, 2.24) is 28.5 Å². The molecule has 1 atom stereocenters. The summed E-state index contributed by atoms with van der Waals surface area (Å²) in [4.78, 5) is 23.6. The number of rotatable bonds is 6.